The minimum Gasteiger partial charge on any atom is -0.346 e. The topological polar surface area (TPSA) is 64.0 Å². The van der Waals surface area contributed by atoms with Crippen molar-refractivity contribution in [2.45, 2.75) is 20.4 Å². The summed E-state index contributed by atoms with van der Waals surface area (Å²) in [7, 11) is 0. The van der Waals surface area contributed by atoms with Gasteiger partial charge in [0.25, 0.3) is 5.91 Å². The highest BCUT2D eigenvalue weighted by molar-refractivity contribution is 5.92. The molecule has 2 aromatic carbocycles. The van der Waals surface area contributed by atoms with Crippen LogP contribution < -0.4 is 10.7 Å². The van der Waals surface area contributed by atoms with Crippen molar-refractivity contribution in [3.8, 4) is 5.69 Å². The number of hydrogen-bond donors (Lipinski definition) is 1. The lowest BCUT2D eigenvalue weighted by atomic mass is 10.1. The lowest BCUT2D eigenvalue weighted by Gasteiger charge is -2.11. The zero-order chi connectivity index (χ0) is 18.7. The summed E-state index contributed by atoms with van der Waals surface area (Å²) in [5.41, 5.74) is 2.09. The predicted octanol–water partition coefficient (Wildman–Crippen LogP) is 2.92. The summed E-state index contributed by atoms with van der Waals surface area (Å²) >= 11 is 0. The molecular weight excluding hydrogens is 333 g/mol. The first kappa shape index (κ1) is 17.5. The molecule has 1 N–H and O–H groups in total. The van der Waals surface area contributed by atoms with Gasteiger partial charge in [0, 0.05) is 18.3 Å². The summed E-state index contributed by atoms with van der Waals surface area (Å²) in [4.78, 5) is 24.6. The molecule has 0 saturated carbocycles. The molecule has 0 bridgehead atoms. The van der Waals surface area contributed by atoms with Crippen molar-refractivity contribution in [3.05, 3.63) is 93.2 Å². The molecule has 0 saturated heterocycles. The van der Waals surface area contributed by atoms with E-state index in [0.29, 0.717) is 11.3 Å². The van der Waals surface area contributed by atoms with E-state index in [-0.39, 0.29) is 18.1 Å². The number of aromatic nitrogens is 2. The van der Waals surface area contributed by atoms with Crippen LogP contribution in [0, 0.1) is 19.7 Å². The van der Waals surface area contributed by atoms with Crippen LogP contribution in [0.15, 0.2) is 59.4 Å². The molecule has 5 nitrogen and oxygen atoms in total. The highest BCUT2D eigenvalue weighted by atomic mass is 19.1. The quantitative estimate of drug-likeness (QED) is 0.786. The number of amides is 1. The second-order valence-corrected chi connectivity index (χ2v) is 6.07. The highest BCUT2D eigenvalue weighted by Gasteiger charge is 2.15. The molecule has 0 aliphatic heterocycles. The number of carbonyl (C=O) groups excluding carboxylic acids is 1. The van der Waals surface area contributed by atoms with Gasteiger partial charge < -0.3 is 5.32 Å². The zero-order valence-electron chi connectivity index (χ0n) is 14.5. The fourth-order valence-corrected chi connectivity index (χ4v) is 2.72. The van der Waals surface area contributed by atoms with Gasteiger partial charge in [-0.1, -0.05) is 24.3 Å². The molecule has 1 heterocycles. The van der Waals surface area contributed by atoms with Crippen molar-refractivity contribution in [1.82, 2.24) is 15.1 Å². The molecule has 3 aromatic rings. The highest BCUT2D eigenvalue weighted by Crippen LogP contribution is 2.09. The number of carbonyl (C=O) groups is 1. The Hall–Kier alpha value is -3.28. The van der Waals surface area contributed by atoms with E-state index in [0.717, 1.165) is 11.3 Å². The van der Waals surface area contributed by atoms with Crippen LogP contribution in [0.5, 0.6) is 0 Å². The Bertz CT molecular complexity index is 993. The maximum atomic E-state index is 13.4. The molecule has 0 spiro atoms. The lowest BCUT2D eigenvalue weighted by molar-refractivity contribution is 0.0943. The van der Waals surface area contributed by atoms with E-state index in [9.17, 15) is 14.0 Å². The summed E-state index contributed by atoms with van der Waals surface area (Å²) in [6.07, 6.45) is 0. The van der Waals surface area contributed by atoms with E-state index in [1.54, 1.807) is 24.6 Å². The standard InChI is InChI=1S/C20H18FN3O2/c1-13-8-15(11-16(21)9-13)12-22-20(26)19-18(25)10-14(2)24(23-19)17-6-4-3-5-7-17/h3-11H,12H2,1-2H3,(H,22,26). The first-order valence-electron chi connectivity index (χ1n) is 8.15. The summed E-state index contributed by atoms with van der Waals surface area (Å²) in [5, 5.41) is 6.83. The van der Waals surface area contributed by atoms with E-state index in [1.165, 1.54) is 18.2 Å². The lowest BCUT2D eigenvalue weighted by Crippen LogP contribution is -2.31. The number of para-hydroxylation sites is 1. The minimum atomic E-state index is -0.596. The summed E-state index contributed by atoms with van der Waals surface area (Å²) in [6, 6.07) is 15.1. The van der Waals surface area contributed by atoms with Crippen molar-refractivity contribution >= 4 is 5.91 Å². The van der Waals surface area contributed by atoms with E-state index >= 15 is 0 Å². The second kappa shape index (κ2) is 7.31. The third-order valence-electron chi connectivity index (χ3n) is 3.88. The number of aryl methyl sites for hydroxylation is 2. The molecule has 6 heteroatoms. The van der Waals surface area contributed by atoms with Gasteiger partial charge in [0.1, 0.15) is 5.82 Å². The molecular formula is C20H18FN3O2. The fourth-order valence-electron chi connectivity index (χ4n) is 2.72. The van der Waals surface area contributed by atoms with Gasteiger partial charge in [-0.05, 0) is 49.2 Å². The third kappa shape index (κ3) is 3.85. The summed E-state index contributed by atoms with van der Waals surface area (Å²) in [6.45, 7) is 3.63. The Morgan fingerprint density at radius 2 is 1.85 bits per heavy atom. The Morgan fingerprint density at radius 1 is 1.12 bits per heavy atom. The summed E-state index contributed by atoms with van der Waals surface area (Å²) in [5.74, 6) is -0.962. The van der Waals surface area contributed by atoms with Crippen LogP contribution in [0.1, 0.15) is 27.3 Å². The van der Waals surface area contributed by atoms with E-state index in [2.05, 4.69) is 10.4 Å². The number of nitrogens with one attached hydrogen (secondary N) is 1. The molecule has 1 amide bonds. The van der Waals surface area contributed by atoms with Crippen molar-refractivity contribution in [2.75, 3.05) is 0 Å². The van der Waals surface area contributed by atoms with Crippen molar-refractivity contribution in [2.24, 2.45) is 0 Å². The van der Waals surface area contributed by atoms with E-state index < -0.39 is 11.3 Å². The van der Waals surface area contributed by atoms with Crippen LogP contribution in [0.4, 0.5) is 4.39 Å². The van der Waals surface area contributed by atoms with Gasteiger partial charge in [-0.15, -0.1) is 0 Å². The Labute approximate surface area is 150 Å². The van der Waals surface area contributed by atoms with Gasteiger partial charge in [-0.3, -0.25) is 9.59 Å². The van der Waals surface area contributed by atoms with Crippen LogP contribution >= 0.6 is 0 Å². The second-order valence-electron chi connectivity index (χ2n) is 6.07. The van der Waals surface area contributed by atoms with Gasteiger partial charge >= 0.3 is 0 Å². The zero-order valence-corrected chi connectivity index (χ0v) is 14.5. The Kier molecular flexibility index (Phi) is 4.93. The average molecular weight is 351 g/mol. The van der Waals surface area contributed by atoms with Gasteiger partial charge in [-0.2, -0.15) is 5.10 Å². The maximum Gasteiger partial charge on any atom is 0.276 e. The van der Waals surface area contributed by atoms with Gasteiger partial charge in [0.15, 0.2) is 5.69 Å². The Balaban J connectivity index is 1.86. The van der Waals surface area contributed by atoms with Crippen molar-refractivity contribution < 1.29 is 9.18 Å². The van der Waals surface area contributed by atoms with E-state index in [1.807, 2.05) is 30.3 Å². The number of benzene rings is 2. The van der Waals surface area contributed by atoms with Crippen LogP contribution in [-0.4, -0.2) is 15.7 Å². The monoisotopic (exact) mass is 351 g/mol. The van der Waals surface area contributed by atoms with Crippen molar-refractivity contribution in [3.63, 3.8) is 0 Å². The van der Waals surface area contributed by atoms with Crippen LogP contribution in [0.2, 0.25) is 0 Å². The molecule has 132 valence electrons. The molecule has 0 radical (unpaired) electrons. The molecule has 0 aliphatic carbocycles. The number of rotatable bonds is 4. The predicted molar refractivity (Wildman–Crippen MR) is 96.9 cm³/mol. The summed E-state index contributed by atoms with van der Waals surface area (Å²) < 4.78 is 15.0. The van der Waals surface area contributed by atoms with Crippen LogP contribution in [0.3, 0.4) is 0 Å². The van der Waals surface area contributed by atoms with Crippen LogP contribution in [-0.2, 0) is 6.54 Å². The largest absolute Gasteiger partial charge is 0.346 e. The van der Waals surface area contributed by atoms with Gasteiger partial charge in [0.2, 0.25) is 5.43 Å². The first-order valence-corrected chi connectivity index (χ1v) is 8.15. The van der Waals surface area contributed by atoms with E-state index in [4.69, 9.17) is 0 Å². The maximum absolute atomic E-state index is 13.4. The number of hydrogen-bond acceptors (Lipinski definition) is 3. The molecule has 0 atom stereocenters. The number of nitrogens with zero attached hydrogens (tertiary/aromatic N) is 2. The van der Waals surface area contributed by atoms with Gasteiger partial charge in [0.05, 0.1) is 5.69 Å². The normalized spacial score (nSPS) is 10.6. The first-order chi connectivity index (χ1) is 12.4. The van der Waals surface area contributed by atoms with Crippen molar-refractivity contribution in [1.29, 1.82) is 0 Å². The molecule has 0 unspecified atom stereocenters. The Morgan fingerprint density at radius 3 is 2.54 bits per heavy atom. The molecule has 3 rings (SSSR count). The average Bonchev–Trinajstić information content (AvgIpc) is 2.60. The molecule has 0 fully saturated rings. The molecule has 26 heavy (non-hydrogen) atoms. The number of halogens is 1. The minimum absolute atomic E-state index is 0.109. The molecule has 1 aromatic heterocycles. The van der Waals surface area contributed by atoms with Gasteiger partial charge in [-0.25, -0.2) is 9.07 Å². The van der Waals surface area contributed by atoms with Crippen LogP contribution in [0.25, 0.3) is 5.69 Å². The SMILES string of the molecule is Cc1cc(F)cc(CNC(=O)c2nn(-c3ccccc3)c(C)cc2=O)c1. The molecule has 0 aliphatic rings. The smallest absolute Gasteiger partial charge is 0.276 e. The fraction of sp³-hybridized carbons (Fsp3) is 0.150. The third-order valence-corrected chi connectivity index (χ3v) is 3.88.